The lowest BCUT2D eigenvalue weighted by Crippen LogP contribution is -2.54. The van der Waals surface area contributed by atoms with E-state index in [0.29, 0.717) is 26.2 Å². The second kappa shape index (κ2) is 8.15. The van der Waals surface area contributed by atoms with Gasteiger partial charge in [0.2, 0.25) is 0 Å². The number of Topliss-reactive ketones (excluding diaryl/α,β-unsaturated/α-hetero) is 1. The molecule has 0 spiro atoms. The molecule has 0 aliphatic carbocycles. The van der Waals surface area contributed by atoms with Crippen molar-refractivity contribution in [2.24, 2.45) is 0 Å². The molecule has 134 valence electrons. The first kappa shape index (κ1) is 18.2. The van der Waals surface area contributed by atoms with Crippen LogP contribution in [0.3, 0.4) is 0 Å². The van der Waals surface area contributed by atoms with Gasteiger partial charge in [0, 0.05) is 31.6 Å². The van der Waals surface area contributed by atoms with Crippen molar-refractivity contribution in [3.8, 4) is 0 Å². The Kier molecular flexibility index (Phi) is 5.92. The predicted molar refractivity (Wildman–Crippen MR) is 96.9 cm³/mol. The quantitative estimate of drug-likeness (QED) is 0.689. The smallest absolute Gasteiger partial charge is 0.280 e. The third kappa shape index (κ3) is 4.71. The van der Waals surface area contributed by atoms with Crippen LogP contribution in [0.2, 0.25) is 0 Å². The van der Waals surface area contributed by atoms with E-state index in [1.807, 2.05) is 30.3 Å². The molecule has 25 heavy (non-hydrogen) atoms. The molecule has 7 nitrogen and oxygen atoms in total. The molecule has 2 heterocycles. The number of hydrogen-bond acceptors (Lipinski definition) is 6. The van der Waals surface area contributed by atoms with Gasteiger partial charge in [0.25, 0.3) is 10.2 Å². The normalized spacial score (nSPS) is 17.3. The molecule has 0 radical (unpaired) electrons. The number of benzene rings is 1. The molecular weight excluding hydrogens is 360 g/mol. The number of hydrogen-bond donors (Lipinski definition) is 2. The Bertz CT molecular complexity index is 788. The summed E-state index contributed by atoms with van der Waals surface area (Å²) in [5, 5.41) is 4.75. The number of thiazole rings is 1. The number of nitrogens with zero attached hydrogens (tertiary/aromatic N) is 2. The summed E-state index contributed by atoms with van der Waals surface area (Å²) in [6.07, 6.45) is 0.280. The maximum atomic E-state index is 12.8. The number of rotatable bonds is 7. The minimum absolute atomic E-state index is 0.280. The highest BCUT2D eigenvalue weighted by atomic mass is 32.2. The fourth-order valence-corrected chi connectivity index (χ4v) is 4.59. The van der Waals surface area contributed by atoms with Crippen LogP contribution < -0.4 is 10.0 Å². The maximum absolute atomic E-state index is 12.8. The molecule has 9 heteroatoms. The van der Waals surface area contributed by atoms with Gasteiger partial charge in [-0.3, -0.25) is 4.79 Å². The molecule has 2 N–H and O–H groups in total. The molecule has 1 fully saturated rings. The Morgan fingerprint density at radius 3 is 2.64 bits per heavy atom. The summed E-state index contributed by atoms with van der Waals surface area (Å²) in [4.78, 5) is 16.8. The molecule has 1 saturated heterocycles. The van der Waals surface area contributed by atoms with Gasteiger partial charge in [-0.15, -0.1) is 11.3 Å². The highest BCUT2D eigenvalue weighted by Crippen LogP contribution is 2.12. The van der Waals surface area contributed by atoms with Crippen molar-refractivity contribution < 1.29 is 13.2 Å². The van der Waals surface area contributed by atoms with Gasteiger partial charge < -0.3 is 5.32 Å². The molecule has 0 bridgehead atoms. The van der Waals surface area contributed by atoms with E-state index in [2.05, 4.69) is 15.0 Å². The minimum atomic E-state index is -3.74. The first-order chi connectivity index (χ1) is 12.1. The van der Waals surface area contributed by atoms with E-state index in [1.165, 1.54) is 15.6 Å². The van der Waals surface area contributed by atoms with Gasteiger partial charge in [-0.2, -0.15) is 17.4 Å². The van der Waals surface area contributed by atoms with Crippen LogP contribution >= 0.6 is 11.3 Å². The highest BCUT2D eigenvalue weighted by Gasteiger charge is 2.31. The second-order valence-corrected chi connectivity index (χ2v) is 8.17. The van der Waals surface area contributed by atoms with Crippen molar-refractivity contribution in [2.75, 3.05) is 26.2 Å². The fourth-order valence-electron chi connectivity index (χ4n) is 2.69. The first-order valence-corrected chi connectivity index (χ1v) is 10.4. The molecule has 1 aromatic carbocycles. The number of carbonyl (C=O) groups is 1. The number of carbonyl (C=O) groups excluding carboxylic acids is 1. The van der Waals surface area contributed by atoms with Crippen LogP contribution in [0.5, 0.6) is 0 Å². The van der Waals surface area contributed by atoms with Crippen molar-refractivity contribution in [1.29, 1.82) is 0 Å². The van der Waals surface area contributed by atoms with Crippen molar-refractivity contribution in [2.45, 2.75) is 12.5 Å². The molecular formula is C16H20N4O3S2. The summed E-state index contributed by atoms with van der Waals surface area (Å²) >= 11 is 1.31. The van der Waals surface area contributed by atoms with Crippen LogP contribution in [0.25, 0.3) is 0 Å². The van der Waals surface area contributed by atoms with Crippen molar-refractivity contribution in [3.05, 3.63) is 52.5 Å². The molecule has 1 aliphatic heterocycles. The van der Waals surface area contributed by atoms with Crippen LogP contribution in [0.4, 0.5) is 0 Å². The molecule has 0 saturated carbocycles. The second-order valence-electron chi connectivity index (χ2n) is 5.75. The summed E-state index contributed by atoms with van der Waals surface area (Å²) in [6, 6.07) is 8.48. The summed E-state index contributed by atoms with van der Waals surface area (Å²) in [6.45, 7) is 1.98. The fraction of sp³-hybridized carbons (Fsp3) is 0.375. The van der Waals surface area contributed by atoms with E-state index in [1.54, 1.807) is 10.9 Å². The third-order valence-corrected chi connectivity index (χ3v) is 6.20. The number of nitrogens with one attached hydrogen (secondary N) is 2. The van der Waals surface area contributed by atoms with Gasteiger partial charge in [-0.25, -0.2) is 4.98 Å². The number of ketones is 1. The highest BCUT2D eigenvalue weighted by molar-refractivity contribution is 7.87. The van der Waals surface area contributed by atoms with Crippen LogP contribution in [0.15, 0.2) is 41.2 Å². The summed E-state index contributed by atoms with van der Waals surface area (Å²) in [5.41, 5.74) is 2.74. The van der Waals surface area contributed by atoms with Crippen molar-refractivity contribution >= 4 is 27.3 Å². The Balaban J connectivity index is 1.81. The van der Waals surface area contributed by atoms with E-state index < -0.39 is 16.3 Å². The van der Waals surface area contributed by atoms with Gasteiger partial charge in [-0.1, -0.05) is 30.3 Å². The Labute approximate surface area is 151 Å². The van der Waals surface area contributed by atoms with Gasteiger partial charge in [0.05, 0.1) is 11.6 Å². The lowest BCUT2D eigenvalue weighted by Gasteiger charge is -2.28. The SMILES string of the molecule is O=C(c1cscn1)[C@H](Cc1ccccc1)NS(=O)(=O)N1CCNCC1. The molecule has 0 unspecified atom stereocenters. The van der Waals surface area contributed by atoms with Crippen LogP contribution in [0.1, 0.15) is 16.1 Å². The van der Waals surface area contributed by atoms with Crippen LogP contribution in [0, 0.1) is 0 Å². The van der Waals surface area contributed by atoms with Gasteiger partial charge in [0.1, 0.15) is 5.69 Å². The zero-order valence-corrected chi connectivity index (χ0v) is 15.2. The molecule has 1 aliphatic rings. The average molecular weight is 380 g/mol. The standard InChI is InChI=1S/C16H20N4O3S2/c21-16(15-11-24-12-18-15)14(10-13-4-2-1-3-5-13)19-25(22,23)20-8-6-17-7-9-20/h1-5,11-12,14,17,19H,6-10H2/t14-/m0/s1. The van der Waals surface area contributed by atoms with Crippen molar-refractivity contribution in [1.82, 2.24) is 19.3 Å². The third-order valence-electron chi connectivity index (χ3n) is 3.99. The van der Waals surface area contributed by atoms with E-state index >= 15 is 0 Å². The molecule has 2 aromatic rings. The van der Waals surface area contributed by atoms with Crippen molar-refractivity contribution in [3.63, 3.8) is 0 Å². The topological polar surface area (TPSA) is 91.4 Å². The van der Waals surface area contributed by atoms with Crippen LogP contribution in [-0.4, -0.2) is 55.7 Å². The number of piperazine rings is 1. The van der Waals surface area contributed by atoms with E-state index in [-0.39, 0.29) is 17.9 Å². The number of aromatic nitrogens is 1. The monoisotopic (exact) mass is 380 g/mol. The summed E-state index contributed by atoms with van der Waals surface area (Å²) in [5.74, 6) is -0.316. The van der Waals surface area contributed by atoms with E-state index in [0.717, 1.165) is 5.56 Å². The predicted octanol–water partition coefficient (Wildman–Crippen LogP) is 0.677. The molecule has 1 aromatic heterocycles. The van der Waals surface area contributed by atoms with Gasteiger partial charge in [-0.05, 0) is 12.0 Å². The van der Waals surface area contributed by atoms with Gasteiger partial charge in [0.15, 0.2) is 5.78 Å². The molecule has 0 amide bonds. The minimum Gasteiger partial charge on any atom is -0.314 e. The zero-order valence-electron chi connectivity index (χ0n) is 13.6. The lowest BCUT2D eigenvalue weighted by molar-refractivity contribution is 0.0947. The largest absolute Gasteiger partial charge is 0.314 e. The van der Waals surface area contributed by atoms with E-state index in [4.69, 9.17) is 0 Å². The van der Waals surface area contributed by atoms with Gasteiger partial charge >= 0.3 is 0 Å². The lowest BCUT2D eigenvalue weighted by atomic mass is 10.0. The Morgan fingerprint density at radius 1 is 1.28 bits per heavy atom. The summed E-state index contributed by atoms with van der Waals surface area (Å²) < 4.78 is 29.3. The Morgan fingerprint density at radius 2 is 2.00 bits per heavy atom. The van der Waals surface area contributed by atoms with E-state index in [9.17, 15) is 13.2 Å². The average Bonchev–Trinajstić information content (AvgIpc) is 3.17. The maximum Gasteiger partial charge on any atom is 0.280 e. The molecule has 3 rings (SSSR count). The van der Waals surface area contributed by atoms with Crippen LogP contribution in [-0.2, 0) is 16.6 Å². The molecule has 1 atom stereocenters. The first-order valence-electron chi connectivity index (χ1n) is 8.01. The zero-order chi connectivity index (χ0) is 17.7. The Hall–Kier alpha value is -1.65. The summed E-state index contributed by atoms with van der Waals surface area (Å²) in [7, 11) is -3.74.